The summed E-state index contributed by atoms with van der Waals surface area (Å²) in [7, 11) is -3.59. The first-order valence-electron chi connectivity index (χ1n) is 10.1. The molecule has 2 amide bonds. The average molecular weight is 445 g/mol. The summed E-state index contributed by atoms with van der Waals surface area (Å²) in [5.74, 6) is -0.607. The molecule has 0 atom stereocenters. The second-order valence-electron chi connectivity index (χ2n) is 6.93. The molecule has 0 aliphatic carbocycles. The molecule has 2 rings (SSSR count). The van der Waals surface area contributed by atoms with Crippen LogP contribution in [0, 0.1) is 0 Å². The molecular formula is C22H28N4O4S. The Morgan fingerprint density at radius 1 is 0.968 bits per heavy atom. The molecule has 2 aromatic rings. The van der Waals surface area contributed by atoms with Crippen LogP contribution < -0.4 is 10.7 Å². The molecular weight excluding hydrogens is 416 g/mol. The van der Waals surface area contributed by atoms with Gasteiger partial charge in [0, 0.05) is 31.3 Å². The zero-order chi connectivity index (χ0) is 22.9. The van der Waals surface area contributed by atoms with Crippen molar-refractivity contribution in [2.45, 2.75) is 38.5 Å². The van der Waals surface area contributed by atoms with Gasteiger partial charge >= 0.3 is 0 Å². The highest BCUT2D eigenvalue weighted by molar-refractivity contribution is 7.89. The highest BCUT2D eigenvalue weighted by Gasteiger charge is 2.23. The van der Waals surface area contributed by atoms with Gasteiger partial charge in [-0.3, -0.25) is 9.59 Å². The Hall–Kier alpha value is -3.04. The van der Waals surface area contributed by atoms with E-state index in [1.54, 1.807) is 24.3 Å². The van der Waals surface area contributed by atoms with E-state index in [1.807, 2.05) is 13.8 Å². The van der Waals surface area contributed by atoms with E-state index in [4.69, 9.17) is 0 Å². The van der Waals surface area contributed by atoms with Gasteiger partial charge in [0.25, 0.3) is 5.91 Å². The standard InChI is InChI=1S/C22H28N4O4S/c1-4-14-26(15-5-2)31(29,30)21-12-8-19(9-13-21)22(28)25-23-16-18-6-10-20(11-7-18)24-17(3)27/h6-13,16H,4-5,14-15H2,1-3H3,(H,24,27)(H,25,28)/b23-16-. The number of hydrazone groups is 1. The van der Waals surface area contributed by atoms with Crippen molar-refractivity contribution in [3.05, 3.63) is 59.7 Å². The van der Waals surface area contributed by atoms with Crippen molar-refractivity contribution < 1.29 is 18.0 Å². The van der Waals surface area contributed by atoms with E-state index in [-0.39, 0.29) is 10.8 Å². The van der Waals surface area contributed by atoms with Crippen LogP contribution >= 0.6 is 0 Å². The van der Waals surface area contributed by atoms with Gasteiger partial charge in [-0.25, -0.2) is 13.8 Å². The lowest BCUT2D eigenvalue weighted by molar-refractivity contribution is -0.114. The largest absolute Gasteiger partial charge is 0.326 e. The lowest BCUT2D eigenvalue weighted by atomic mass is 10.2. The quantitative estimate of drug-likeness (QED) is 0.433. The number of carbonyl (C=O) groups is 2. The Balaban J connectivity index is 2.01. The van der Waals surface area contributed by atoms with Gasteiger partial charge in [0.1, 0.15) is 0 Å². The van der Waals surface area contributed by atoms with Crippen LogP contribution in [-0.4, -0.2) is 43.8 Å². The summed E-state index contributed by atoms with van der Waals surface area (Å²) in [6.07, 6.45) is 2.93. The third-order valence-corrected chi connectivity index (χ3v) is 6.22. The Bertz CT molecular complexity index is 1010. The van der Waals surface area contributed by atoms with E-state index < -0.39 is 15.9 Å². The van der Waals surface area contributed by atoms with Crippen molar-refractivity contribution in [1.82, 2.24) is 9.73 Å². The normalized spacial score (nSPS) is 11.6. The van der Waals surface area contributed by atoms with Gasteiger partial charge in [-0.15, -0.1) is 0 Å². The van der Waals surface area contributed by atoms with E-state index in [1.165, 1.54) is 41.7 Å². The number of nitrogens with one attached hydrogen (secondary N) is 2. The molecule has 0 saturated carbocycles. The molecule has 2 aromatic carbocycles. The van der Waals surface area contributed by atoms with Gasteiger partial charge < -0.3 is 5.32 Å². The van der Waals surface area contributed by atoms with Crippen molar-refractivity contribution in [2.24, 2.45) is 5.10 Å². The summed E-state index contributed by atoms with van der Waals surface area (Å²) in [5, 5.41) is 6.58. The van der Waals surface area contributed by atoms with Gasteiger partial charge in [-0.2, -0.15) is 9.41 Å². The maximum Gasteiger partial charge on any atom is 0.271 e. The van der Waals surface area contributed by atoms with Crippen LogP contribution in [0.25, 0.3) is 0 Å². The first kappa shape index (κ1) is 24.2. The molecule has 0 unspecified atom stereocenters. The molecule has 0 fully saturated rings. The van der Waals surface area contributed by atoms with Crippen LogP contribution in [-0.2, 0) is 14.8 Å². The molecule has 166 valence electrons. The Kier molecular flexibility index (Phi) is 8.89. The third kappa shape index (κ3) is 7.01. The minimum absolute atomic E-state index is 0.157. The van der Waals surface area contributed by atoms with E-state index >= 15 is 0 Å². The van der Waals surface area contributed by atoms with Gasteiger partial charge in [-0.05, 0) is 54.8 Å². The van der Waals surface area contributed by atoms with Gasteiger partial charge in [-0.1, -0.05) is 26.0 Å². The Morgan fingerprint density at radius 2 is 1.55 bits per heavy atom. The molecule has 0 aliphatic rings. The van der Waals surface area contributed by atoms with Crippen molar-refractivity contribution in [1.29, 1.82) is 0 Å². The number of sulfonamides is 1. The Morgan fingerprint density at radius 3 is 2.06 bits per heavy atom. The summed E-state index contributed by atoms with van der Waals surface area (Å²) in [5.41, 5.74) is 4.12. The van der Waals surface area contributed by atoms with Crippen molar-refractivity contribution in [3.8, 4) is 0 Å². The molecule has 2 N–H and O–H groups in total. The zero-order valence-electron chi connectivity index (χ0n) is 18.0. The van der Waals surface area contributed by atoms with E-state index in [9.17, 15) is 18.0 Å². The number of anilines is 1. The molecule has 0 bridgehead atoms. The van der Waals surface area contributed by atoms with Crippen LogP contribution in [0.5, 0.6) is 0 Å². The minimum Gasteiger partial charge on any atom is -0.326 e. The SMILES string of the molecule is CCCN(CCC)S(=O)(=O)c1ccc(C(=O)N/N=C\c2ccc(NC(C)=O)cc2)cc1. The van der Waals surface area contributed by atoms with Gasteiger partial charge in [0.05, 0.1) is 11.1 Å². The van der Waals surface area contributed by atoms with Crippen molar-refractivity contribution in [2.75, 3.05) is 18.4 Å². The van der Waals surface area contributed by atoms with Gasteiger partial charge in [0.2, 0.25) is 15.9 Å². The van der Waals surface area contributed by atoms with E-state index in [0.717, 1.165) is 18.4 Å². The van der Waals surface area contributed by atoms with Crippen LogP contribution in [0.1, 0.15) is 49.5 Å². The zero-order valence-corrected chi connectivity index (χ0v) is 18.8. The second kappa shape index (κ2) is 11.4. The second-order valence-corrected chi connectivity index (χ2v) is 8.87. The maximum atomic E-state index is 12.8. The number of rotatable bonds is 10. The maximum absolute atomic E-state index is 12.8. The average Bonchev–Trinajstić information content (AvgIpc) is 2.74. The fourth-order valence-electron chi connectivity index (χ4n) is 2.86. The predicted molar refractivity (Wildman–Crippen MR) is 122 cm³/mol. The van der Waals surface area contributed by atoms with E-state index in [0.29, 0.717) is 24.3 Å². The lowest BCUT2D eigenvalue weighted by Crippen LogP contribution is -2.32. The Labute approximate surface area is 183 Å². The number of hydrogen-bond donors (Lipinski definition) is 2. The molecule has 0 radical (unpaired) electrons. The number of benzene rings is 2. The van der Waals surface area contributed by atoms with Crippen LogP contribution in [0.4, 0.5) is 5.69 Å². The van der Waals surface area contributed by atoms with Crippen molar-refractivity contribution in [3.63, 3.8) is 0 Å². The molecule has 0 spiro atoms. The summed E-state index contributed by atoms with van der Waals surface area (Å²) < 4.78 is 27.0. The highest BCUT2D eigenvalue weighted by Crippen LogP contribution is 2.17. The fourth-order valence-corrected chi connectivity index (χ4v) is 4.49. The number of hydrogen-bond acceptors (Lipinski definition) is 5. The predicted octanol–water partition coefficient (Wildman–Crippen LogP) is 3.22. The first-order valence-corrected chi connectivity index (χ1v) is 11.5. The first-order chi connectivity index (χ1) is 14.8. The van der Waals surface area contributed by atoms with Gasteiger partial charge in [0.15, 0.2) is 0 Å². The summed E-state index contributed by atoms with van der Waals surface area (Å²) in [4.78, 5) is 23.5. The van der Waals surface area contributed by atoms with Crippen molar-refractivity contribution >= 4 is 33.7 Å². The number of nitrogens with zero attached hydrogens (tertiary/aromatic N) is 2. The molecule has 0 heterocycles. The minimum atomic E-state index is -3.59. The highest BCUT2D eigenvalue weighted by atomic mass is 32.2. The van der Waals surface area contributed by atoms with Crippen LogP contribution in [0.3, 0.4) is 0 Å². The van der Waals surface area contributed by atoms with E-state index in [2.05, 4.69) is 15.8 Å². The third-order valence-electron chi connectivity index (χ3n) is 4.31. The molecule has 8 nitrogen and oxygen atoms in total. The molecule has 0 saturated heterocycles. The van der Waals surface area contributed by atoms with Crippen LogP contribution in [0.15, 0.2) is 58.5 Å². The summed E-state index contributed by atoms with van der Waals surface area (Å²) >= 11 is 0. The summed E-state index contributed by atoms with van der Waals surface area (Å²) in [6, 6.07) is 12.8. The molecule has 31 heavy (non-hydrogen) atoms. The molecule has 0 aliphatic heterocycles. The smallest absolute Gasteiger partial charge is 0.271 e. The topological polar surface area (TPSA) is 108 Å². The lowest BCUT2D eigenvalue weighted by Gasteiger charge is -2.21. The fraction of sp³-hybridized carbons (Fsp3) is 0.318. The number of carbonyl (C=O) groups excluding carboxylic acids is 2. The number of amides is 2. The molecule has 0 aromatic heterocycles. The summed E-state index contributed by atoms with van der Waals surface area (Å²) in [6.45, 7) is 6.21. The monoisotopic (exact) mass is 444 g/mol. The van der Waals surface area contributed by atoms with Crippen LogP contribution in [0.2, 0.25) is 0 Å². The molecule has 9 heteroatoms.